The Morgan fingerprint density at radius 3 is 2.41 bits per heavy atom. The van der Waals surface area contributed by atoms with E-state index in [1.807, 2.05) is 0 Å². The van der Waals surface area contributed by atoms with E-state index in [9.17, 15) is 4.79 Å². The number of amides is 1. The molecule has 0 radical (unpaired) electrons. The topological polar surface area (TPSA) is 47.6 Å². The van der Waals surface area contributed by atoms with Gasteiger partial charge in [-0.2, -0.15) is 0 Å². The largest absolute Gasteiger partial charge is 0.497 e. The molecule has 1 amide bonds. The van der Waals surface area contributed by atoms with Gasteiger partial charge in [-0.15, -0.1) is 0 Å². The SMILES string of the molecule is COc1ccc(NC(=O)[C@H](C)Oc2ccc(Cl)cc2Cl)cc1. The number of rotatable bonds is 5. The lowest BCUT2D eigenvalue weighted by Gasteiger charge is -2.16. The second-order valence-electron chi connectivity index (χ2n) is 4.55. The van der Waals surface area contributed by atoms with Gasteiger partial charge in [0.15, 0.2) is 6.10 Å². The maximum absolute atomic E-state index is 12.1. The number of hydrogen-bond donors (Lipinski definition) is 1. The number of carbonyl (C=O) groups excluding carboxylic acids is 1. The molecule has 0 aliphatic rings. The van der Waals surface area contributed by atoms with E-state index < -0.39 is 6.10 Å². The normalized spacial score (nSPS) is 11.6. The molecule has 0 saturated carbocycles. The van der Waals surface area contributed by atoms with Crippen LogP contribution in [0.5, 0.6) is 11.5 Å². The first-order valence-electron chi connectivity index (χ1n) is 6.56. The van der Waals surface area contributed by atoms with Crippen molar-refractivity contribution in [1.82, 2.24) is 0 Å². The molecule has 2 aromatic rings. The molecule has 116 valence electrons. The predicted molar refractivity (Wildman–Crippen MR) is 88.2 cm³/mol. The molecule has 0 fully saturated rings. The summed E-state index contributed by atoms with van der Waals surface area (Å²) in [5.74, 6) is 0.842. The number of benzene rings is 2. The van der Waals surface area contributed by atoms with E-state index in [-0.39, 0.29) is 5.91 Å². The van der Waals surface area contributed by atoms with Gasteiger partial charge in [0.05, 0.1) is 12.1 Å². The summed E-state index contributed by atoms with van der Waals surface area (Å²) in [7, 11) is 1.58. The highest BCUT2D eigenvalue weighted by Crippen LogP contribution is 2.28. The quantitative estimate of drug-likeness (QED) is 0.877. The first kappa shape index (κ1) is 16.5. The van der Waals surface area contributed by atoms with Crippen LogP contribution in [0.4, 0.5) is 5.69 Å². The van der Waals surface area contributed by atoms with Gasteiger partial charge in [0, 0.05) is 10.7 Å². The lowest BCUT2D eigenvalue weighted by atomic mass is 10.2. The summed E-state index contributed by atoms with van der Waals surface area (Å²) in [6.07, 6.45) is -0.708. The third-order valence-electron chi connectivity index (χ3n) is 2.92. The van der Waals surface area contributed by atoms with Crippen molar-refractivity contribution in [3.63, 3.8) is 0 Å². The van der Waals surface area contributed by atoms with Crippen molar-refractivity contribution in [2.45, 2.75) is 13.0 Å². The zero-order valence-electron chi connectivity index (χ0n) is 12.1. The first-order chi connectivity index (χ1) is 10.5. The summed E-state index contributed by atoms with van der Waals surface area (Å²) in [5, 5.41) is 3.62. The Morgan fingerprint density at radius 2 is 1.82 bits per heavy atom. The second kappa shape index (κ2) is 7.38. The fourth-order valence-electron chi connectivity index (χ4n) is 1.73. The van der Waals surface area contributed by atoms with Crippen LogP contribution in [-0.2, 0) is 4.79 Å². The molecule has 2 aromatic carbocycles. The zero-order valence-corrected chi connectivity index (χ0v) is 13.6. The predicted octanol–water partition coefficient (Wildman–Crippen LogP) is 4.41. The number of anilines is 1. The van der Waals surface area contributed by atoms with Gasteiger partial charge >= 0.3 is 0 Å². The average Bonchev–Trinajstić information content (AvgIpc) is 2.50. The average molecular weight is 340 g/mol. The van der Waals surface area contributed by atoms with Crippen molar-refractivity contribution in [2.75, 3.05) is 12.4 Å². The van der Waals surface area contributed by atoms with Crippen molar-refractivity contribution in [3.05, 3.63) is 52.5 Å². The molecule has 2 rings (SSSR count). The van der Waals surface area contributed by atoms with Crippen molar-refractivity contribution in [1.29, 1.82) is 0 Å². The van der Waals surface area contributed by atoms with Gasteiger partial charge in [-0.1, -0.05) is 23.2 Å². The first-order valence-corrected chi connectivity index (χ1v) is 7.32. The minimum Gasteiger partial charge on any atom is -0.497 e. The Morgan fingerprint density at radius 1 is 1.14 bits per heavy atom. The van der Waals surface area contributed by atoms with E-state index in [0.717, 1.165) is 5.75 Å². The molecule has 4 nitrogen and oxygen atoms in total. The molecule has 1 atom stereocenters. The third-order valence-corrected chi connectivity index (χ3v) is 3.45. The lowest BCUT2D eigenvalue weighted by molar-refractivity contribution is -0.122. The number of halogens is 2. The van der Waals surface area contributed by atoms with Crippen molar-refractivity contribution in [3.8, 4) is 11.5 Å². The number of nitrogens with one attached hydrogen (secondary N) is 1. The Kier molecular flexibility index (Phi) is 5.52. The van der Waals surface area contributed by atoms with E-state index in [0.29, 0.717) is 21.5 Å². The molecule has 0 unspecified atom stereocenters. The molecular weight excluding hydrogens is 325 g/mol. The molecular formula is C16H15Cl2NO3. The highest BCUT2D eigenvalue weighted by Gasteiger charge is 2.16. The van der Waals surface area contributed by atoms with Gasteiger partial charge in [-0.05, 0) is 49.4 Å². The van der Waals surface area contributed by atoms with Crippen LogP contribution in [0.25, 0.3) is 0 Å². The Bertz CT molecular complexity index is 659. The standard InChI is InChI=1S/C16H15Cl2NO3/c1-10(22-15-8-3-11(17)9-14(15)18)16(20)19-12-4-6-13(21-2)7-5-12/h3-10H,1-2H3,(H,19,20)/t10-/m0/s1. The van der Waals surface area contributed by atoms with Gasteiger partial charge in [0.25, 0.3) is 5.91 Å². The Balaban J connectivity index is 1.99. The maximum Gasteiger partial charge on any atom is 0.265 e. The lowest BCUT2D eigenvalue weighted by Crippen LogP contribution is -2.30. The van der Waals surface area contributed by atoms with Crippen LogP contribution in [0.2, 0.25) is 10.0 Å². The Hall–Kier alpha value is -1.91. The molecule has 6 heteroatoms. The number of methoxy groups -OCH3 is 1. The summed E-state index contributed by atoms with van der Waals surface area (Å²) < 4.78 is 10.6. The molecule has 0 bridgehead atoms. The molecule has 0 aliphatic heterocycles. The highest BCUT2D eigenvalue weighted by atomic mass is 35.5. The molecule has 0 saturated heterocycles. The minimum absolute atomic E-state index is 0.281. The van der Waals surface area contributed by atoms with Crippen LogP contribution in [-0.4, -0.2) is 19.1 Å². The second-order valence-corrected chi connectivity index (χ2v) is 5.40. The Labute approximate surface area is 138 Å². The van der Waals surface area contributed by atoms with Gasteiger partial charge < -0.3 is 14.8 Å². The van der Waals surface area contributed by atoms with Crippen molar-refractivity contribution in [2.24, 2.45) is 0 Å². The van der Waals surface area contributed by atoms with Crippen molar-refractivity contribution >= 4 is 34.8 Å². The summed E-state index contributed by atoms with van der Waals surface area (Å²) in [6.45, 7) is 1.64. The van der Waals surface area contributed by atoms with E-state index in [1.54, 1.807) is 56.5 Å². The highest BCUT2D eigenvalue weighted by molar-refractivity contribution is 6.35. The summed E-state index contributed by atoms with van der Waals surface area (Å²) in [5.41, 5.74) is 0.656. The molecule has 1 N–H and O–H groups in total. The molecule has 0 spiro atoms. The monoisotopic (exact) mass is 339 g/mol. The van der Waals surface area contributed by atoms with Gasteiger partial charge in [-0.25, -0.2) is 0 Å². The van der Waals surface area contributed by atoms with Crippen LogP contribution >= 0.6 is 23.2 Å². The molecule has 0 aromatic heterocycles. The van der Waals surface area contributed by atoms with Crippen LogP contribution in [0.15, 0.2) is 42.5 Å². The van der Waals surface area contributed by atoms with Crippen molar-refractivity contribution < 1.29 is 14.3 Å². The summed E-state index contributed by atoms with van der Waals surface area (Å²) in [4.78, 5) is 12.1. The smallest absolute Gasteiger partial charge is 0.265 e. The van der Waals surface area contributed by atoms with E-state index >= 15 is 0 Å². The maximum atomic E-state index is 12.1. The van der Waals surface area contributed by atoms with Crippen LogP contribution in [0, 0.1) is 0 Å². The minimum atomic E-state index is -0.708. The molecule has 0 aliphatic carbocycles. The van der Waals surface area contributed by atoms with E-state index in [1.165, 1.54) is 0 Å². The fraction of sp³-hybridized carbons (Fsp3) is 0.188. The fourth-order valence-corrected chi connectivity index (χ4v) is 2.19. The van der Waals surface area contributed by atoms with Gasteiger partial charge in [-0.3, -0.25) is 4.79 Å². The number of carbonyl (C=O) groups is 1. The van der Waals surface area contributed by atoms with E-state index in [2.05, 4.69) is 5.32 Å². The summed E-state index contributed by atoms with van der Waals surface area (Å²) >= 11 is 11.8. The number of ether oxygens (including phenoxy) is 2. The van der Waals surface area contributed by atoms with Crippen LogP contribution in [0.3, 0.4) is 0 Å². The number of hydrogen-bond acceptors (Lipinski definition) is 3. The van der Waals surface area contributed by atoms with Gasteiger partial charge in [0.2, 0.25) is 0 Å². The molecule has 22 heavy (non-hydrogen) atoms. The van der Waals surface area contributed by atoms with Crippen LogP contribution in [0.1, 0.15) is 6.92 Å². The van der Waals surface area contributed by atoms with Crippen LogP contribution < -0.4 is 14.8 Å². The van der Waals surface area contributed by atoms with E-state index in [4.69, 9.17) is 32.7 Å². The summed E-state index contributed by atoms with van der Waals surface area (Å²) in [6, 6.07) is 11.9. The molecule has 0 heterocycles. The zero-order chi connectivity index (χ0) is 16.1. The van der Waals surface area contributed by atoms with Gasteiger partial charge in [0.1, 0.15) is 11.5 Å². The third kappa shape index (κ3) is 4.29.